The molecule has 0 saturated carbocycles. The summed E-state index contributed by atoms with van der Waals surface area (Å²) in [4.78, 5) is 4.43. The van der Waals surface area contributed by atoms with Crippen molar-refractivity contribution in [3.63, 3.8) is 0 Å². The number of thioether (sulfide) groups is 1. The Balaban J connectivity index is 2.18. The highest BCUT2D eigenvalue weighted by Crippen LogP contribution is 2.23. The standard InChI is InChI=1S/C9H15BrN2S2/c1-3-13-5-4-11-6-8-12-7(2)9(10)14-8/h11H,3-6H2,1-2H3. The molecule has 1 N–H and O–H groups in total. The highest BCUT2D eigenvalue weighted by Gasteiger charge is 2.03. The highest BCUT2D eigenvalue weighted by molar-refractivity contribution is 9.11. The van der Waals surface area contributed by atoms with Crippen molar-refractivity contribution in [2.24, 2.45) is 0 Å². The summed E-state index contributed by atoms with van der Waals surface area (Å²) in [5.41, 5.74) is 1.09. The summed E-state index contributed by atoms with van der Waals surface area (Å²) in [5.74, 6) is 2.38. The molecule has 1 aromatic heterocycles. The van der Waals surface area contributed by atoms with Gasteiger partial charge in [-0.05, 0) is 28.6 Å². The lowest BCUT2D eigenvalue weighted by Crippen LogP contribution is -2.16. The monoisotopic (exact) mass is 294 g/mol. The minimum Gasteiger partial charge on any atom is -0.310 e. The molecule has 0 bridgehead atoms. The molecule has 1 rings (SSSR count). The number of aromatic nitrogens is 1. The van der Waals surface area contributed by atoms with Crippen molar-refractivity contribution >= 4 is 39.0 Å². The summed E-state index contributed by atoms with van der Waals surface area (Å²) in [6, 6.07) is 0. The Morgan fingerprint density at radius 1 is 1.57 bits per heavy atom. The minimum atomic E-state index is 0.890. The fourth-order valence-corrected chi connectivity index (χ4v) is 2.97. The van der Waals surface area contributed by atoms with Gasteiger partial charge in [-0.15, -0.1) is 11.3 Å². The van der Waals surface area contributed by atoms with Gasteiger partial charge in [0.05, 0.1) is 9.48 Å². The van der Waals surface area contributed by atoms with Crippen LogP contribution in [0.25, 0.3) is 0 Å². The first-order valence-corrected chi connectivity index (χ1v) is 7.40. The molecule has 0 spiro atoms. The zero-order valence-corrected chi connectivity index (χ0v) is 11.7. The second-order valence-corrected chi connectivity index (χ2v) is 6.64. The molecule has 5 heteroatoms. The number of halogens is 1. The maximum absolute atomic E-state index is 4.43. The van der Waals surface area contributed by atoms with Crippen LogP contribution in [0, 0.1) is 6.92 Å². The van der Waals surface area contributed by atoms with Gasteiger partial charge in [0.1, 0.15) is 5.01 Å². The van der Waals surface area contributed by atoms with E-state index in [4.69, 9.17) is 0 Å². The maximum atomic E-state index is 4.43. The molecule has 0 aliphatic carbocycles. The van der Waals surface area contributed by atoms with Crippen LogP contribution in [0.15, 0.2) is 3.79 Å². The molecule has 0 amide bonds. The lowest BCUT2D eigenvalue weighted by atomic mass is 10.5. The molecule has 0 atom stereocenters. The molecule has 0 aliphatic rings. The number of nitrogens with zero attached hydrogens (tertiary/aromatic N) is 1. The molecule has 0 radical (unpaired) electrons. The Morgan fingerprint density at radius 3 is 2.93 bits per heavy atom. The van der Waals surface area contributed by atoms with Gasteiger partial charge in [0.2, 0.25) is 0 Å². The first-order valence-electron chi connectivity index (χ1n) is 4.64. The van der Waals surface area contributed by atoms with Gasteiger partial charge in [0, 0.05) is 18.8 Å². The molecule has 0 saturated heterocycles. The van der Waals surface area contributed by atoms with E-state index in [2.05, 4.69) is 33.2 Å². The number of aryl methyl sites for hydroxylation is 1. The zero-order valence-electron chi connectivity index (χ0n) is 8.47. The molecule has 2 nitrogen and oxygen atoms in total. The van der Waals surface area contributed by atoms with Gasteiger partial charge in [-0.3, -0.25) is 0 Å². The summed E-state index contributed by atoms with van der Waals surface area (Å²) < 4.78 is 1.15. The topological polar surface area (TPSA) is 24.9 Å². The summed E-state index contributed by atoms with van der Waals surface area (Å²) in [6.07, 6.45) is 0. The number of hydrogen-bond acceptors (Lipinski definition) is 4. The second kappa shape index (κ2) is 6.82. The average molecular weight is 295 g/mol. The molecule has 0 aromatic carbocycles. The van der Waals surface area contributed by atoms with E-state index in [9.17, 15) is 0 Å². The minimum absolute atomic E-state index is 0.890. The smallest absolute Gasteiger partial charge is 0.108 e. The van der Waals surface area contributed by atoms with E-state index in [0.29, 0.717) is 0 Å². The largest absolute Gasteiger partial charge is 0.310 e. The summed E-state index contributed by atoms with van der Waals surface area (Å²) in [6.45, 7) is 6.17. The summed E-state index contributed by atoms with van der Waals surface area (Å²) in [5, 5.41) is 4.55. The van der Waals surface area contributed by atoms with Crippen LogP contribution in [-0.4, -0.2) is 23.0 Å². The van der Waals surface area contributed by atoms with Crippen molar-refractivity contribution in [1.82, 2.24) is 10.3 Å². The predicted octanol–water partition coefficient (Wildman–Crippen LogP) is 3.06. The fourth-order valence-electron chi connectivity index (χ4n) is 0.991. The van der Waals surface area contributed by atoms with Crippen LogP contribution in [0.1, 0.15) is 17.6 Å². The van der Waals surface area contributed by atoms with E-state index in [1.165, 1.54) is 11.5 Å². The third-order valence-corrected chi connectivity index (χ3v) is 4.59. The van der Waals surface area contributed by atoms with Gasteiger partial charge in [0.15, 0.2) is 0 Å². The van der Waals surface area contributed by atoms with Crippen LogP contribution in [0.5, 0.6) is 0 Å². The van der Waals surface area contributed by atoms with Crippen molar-refractivity contribution in [2.75, 3.05) is 18.1 Å². The van der Waals surface area contributed by atoms with Gasteiger partial charge < -0.3 is 5.32 Å². The quantitative estimate of drug-likeness (QED) is 0.817. The zero-order chi connectivity index (χ0) is 10.4. The number of hydrogen-bond donors (Lipinski definition) is 1. The molecule has 0 fully saturated rings. The Labute approximate surface area is 102 Å². The molecule has 0 aliphatic heterocycles. The predicted molar refractivity (Wildman–Crippen MR) is 69.3 cm³/mol. The lowest BCUT2D eigenvalue weighted by Gasteiger charge is -2.00. The SMILES string of the molecule is CCSCCNCc1nc(C)c(Br)s1. The molecule has 0 unspecified atom stereocenters. The van der Waals surface area contributed by atoms with Crippen molar-refractivity contribution < 1.29 is 0 Å². The van der Waals surface area contributed by atoms with Crippen LogP contribution in [0.2, 0.25) is 0 Å². The van der Waals surface area contributed by atoms with Crippen molar-refractivity contribution in [1.29, 1.82) is 0 Å². The highest BCUT2D eigenvalue weighted by atomic mass is 79.9. The van der Waals surface area contributed by atoms with E-state index in [1.54, 1.807) is 11.3 Å². The molecular weight excluding hydrogens is 280 g/mol. The van der Waals surface area contributed by atoms with Crippen LogP contribution in [-0.2, 0) is 6.54 Å². The molecule has 80 valence electrons. The van der Waals surface area contributed by atoms with E-state index in [1.807, 2.05) is 18.7 Å². The van der Waals surface area contributed by atoms with Crippen LogP contribution < -0.4 is 5.32 Å². The number of rotatable bonds is 6. The first kappa shape index (κ1) is 12.5. The van der Waals surface area contributed by atoms with Crippen LogP contribution >= 0.6 is 39.0 Å². The number of thiazole rings is 1. The first-order chi connectivity index (χ1) is 6.74. The Kier molecular flexibility index (Phi) is 6.09. The summed E-state index contributed by atoms with van der Waals surface area (Å²) in [7, 11) is 0. The average Bonchev–Trinajstić information content (AvgIpc) is 2.46. The van der Waals surface area contributed by atoms with Gasteiger partial charge in [-0.1, -0.05) is 6.92 Å². The van der Waals surface area contributed by atoms with E-state index >= 15 is 0 Å². The molecule has 1 heterocycles. The normalized spacial score (nSPS) is 10.8. The summed E-state index contributed by atoms with van der Waals surface area (Å²) >= 11 is 7.15. The molecule has 14 heavy (non-hydrogen) atoms. The third kappa shape index (κ3) is 4.29. The van der Waals surface area contributed by atoms with Gasteiger partial charge in [-0.2, -0.15) is 11.8 Å². The third-order valence-electron chi connectivity index (χ3n) is 1.69. The fraction of sp³-hybridized carbons (Fsp3) is 0.667. The molecular formula is C9H15BrN2S2. The van der Waals surface area contributed by atoms with Gasteiger partial charge in [0.25, 0.3) is 0 Å². The molecule has 1 aromatic rings. The lowest BCUT2D eigenvalue weighted by molar-refractivity contribution is 0.726. The van der Waals surface area contributed by atoms with E-state index in [0.717, 1.165) is 27.6 Å². The van der Waals surface area contributed by atoms with Crippen molar-refractivity contribution in [2.45, 2.75) is 20.4 Å². The van der Waals surface area contributed by atoms with Crippen molar-refractivity contribution in [3.8, 4) is 0 Å². The Morgan fingerprint density at radius 2 is 2.36 bits per heavy atom. The van der Waals surface area contributed by atoms with Crippen LogP contribution in [0.3, 0.4) is 0 Å². The van der Waals surface area contributed by atoms with Gasteiger partial charge in [-0.25, -0.2) is 4.98 Å². The van der Waals surface area contributed by atoms with Gasteiger partial charge >= 0.3 is 0 Å². The second-order valence-electron chi connectivity index (χ2n) is 2.84. The maximum Gasteiger partial charge on any atom is 0.108 e. The van der Waals surface area contributed by atoms with E-state index in [-0.39, 0.29) is 0 Å². The van der Waals surface area contributed by atoms with Crippen molar-refractivity contribution in [3.05, 3.63) is 14.5 Å². The Bertz CT molecular complexity index is 256. The van der Waals surface area contributed by atoms with E-state index < -0.39 is 0 Å². The Hall–Kier alpha value is 0.420. The number of nitrogens with one attached hydrogen (secondary N) is 1. The van der Waals surface area contributed by atoms with Crippen LogP contribution in [0.4, 0.5) is 0 Å².